The first-order valence-corrected chi connectivity index (χ1v) is 6.82. The standard InChI is InChI=1S/C14H26N2O/c1-13(2)10-6-7-14(13,3)11(9-10)17-8-4-5-12(15)16/h10-11H,4-9H2,1-3H3,(H3,15,16). The van der Waals surface area contributed by atoms with Gasteiger partial charge in [-0.1, -0.05) is 20.8 Å². The van der Waals surface area contributed by atoms with Gasteiger partial charge in [-0.05, 0) is 42.4 Å². The van der Waals surface area contributed by atoms with Crippen molar-refractivity contribution in [1.82, 2.24) is 0 Å². The lowest BCUT2D eigenvalue weighted by Gasteiger charge is -2.38. The van der Waals surface area contributed by atoms with Crippen molar-refractivity contribution in [3.63, 3.8) is 0 Å². The van der Waals surface area contributed by atoms with Gasteiger partial charge in [0.2, 0.25) is 0 Å². The summed E-state index contributed by atoms with van der Waals surface area (Å²) in [6, 6.07) is 0. The zero-order valence-electron chi connectivity index (χ0n) is 11.4. The zero-order valence-corrected chi connectivity index (χ0v) is 11.4. The van der Waals surface area contributed by atoms with E-state index in [9.17, 15) is 0 Å². The molecule has 0 aromatic carbocycles. The van der Waals surface area contributed by atoms with Gasteiger partial charge in [-0.3, -0.25) is 5.41 Å². The minimum absolute atomic E-state index is 0.271. The molecule has 2 rings (SSSR count). The maximum Gasteiger partial charge on any atom is 0.0906 e. The maximum absolute atomic E-state index is 7.19. The van der Waals surface area contributed by atoms with E-state index < -0.39 is 0 Å². The number of fused-ring (bicyclic) bond motifs is 2. The summed E-state index contributed by atoms with van der Waals surface area (Å²) in [5.74, 6) is 1.11. The van der Waals surface area contributed by atoms with Gasteiger partial charge in [0.05, 0.1) is 11.9 Å². The van der Waals surface area contributed by atoms with Gasteiger partial charge >= 0.3 is 0 Å². The molecule has 17 heavy (non-hydrogen) atoms. The summed E-state index contributed by atoms with van der Waals surface area (Å²) in [5.41, 5.74) is 6.13. The summed E-state index contributed by atoms with van der Waals surface area (Å²) in [6.45, 7) is 7.96. The minimum atomic E-state index is 0.271. The highest BCUT2D eigenvalue weighted by molar-refractivity contribution is 5.76. The Bertz CT molecular complexity index is 313. The van der Waals surface area contributed by atoms with E-state index >= 15 is 0 Å². The molecule has 2 aliphatic carbocycles. The normalized spacial score (nSPS) is 38.5. The van der Waals surface area contributed by atoms with Crippen molar-refractivity contribution in [3.05, 3.63) is 0 Å². The number of amidine groups is 1. The van der Waals surface area contributed by atoms with Gasteiger partial charge in [0, 0.05) is 13.0 Å². The van der Waals surface area contributed by atoms with Crippen molar-refractivity contribution in [2.45, 2.75) is 59.0 Å². The molecular weight excluding hydrogens is 212 g/mol. The van der Waals surface area contributed by atoms with E-state index in [4.69, 9.17) is 15.9 Å². The highest BCUT2D eigenvalue weighted by Crippen LogP contribution is 2.66. The molecule has 2 fully saturated rings. The van der Waals surface area contributed by atoms with E-state index in [2.05, 4.69) is 20.8 Å². The third kappa shape index (κ3) is 1.99. The van der Waals surface area contributed by atoms with Crippen LogP contribution in [-0.4, -0.2) is 18.5 Å². The lowest BCUT2D eigenvalue weighted by Crippen LogP contribution is -2.37. The first kappa shape index (κ1) is 12.9. The Kier molecular flexibility index (Phi) is 3.23. The molecular formula is C14H26N2O. The highest BCUT2D eigenvalue weighted by atomic mass is 16.5. The topological polar surface area (TPSA) is 59.1 Å². The van der Waals surface area contributed by atoms with Crippen molar-refractivity contribution >= 4 is 5.84 Å². The second-order valence-corrected chi connectivity index (χ2v) is 6.60. The van der Waals surface area contributed by atoms with Crippen LogP contribution in [-0.2, 0) is 4.74 Å². The lowest BCUT2D eigenvalue weighted by molar-refractivity contribution is -0.0467. The average molecular weight is 238 g/mol. The molecule has 0 spiro atoms. The quantitative estimate of drug-likeness (QED) is 0.439. The molecule has 3 heteroatoms. The third-order valence-electron chi connectivity index (χ3n) is 5.62. The molecule has 0 aliphatic heterocycles. The summed E-state index contributed by atoms with van der Waals surface area (Å²) in [7, 11) is 0. The molecule has 0 radical (unpaired) electrons. The Morgan fingerprint density at radius 3 is 2.59 bits per heavy atom. The van der Waals surface area contributed by atoms with Gasteiger partial charge in [-0.25, -0.2) is 0 Å². The van der Waals surface area contributed by atoms with Gasteiger partial charge < -0.3 is 10.5 Å². The number of rotatable bonds is 5. The predicted octanol–water partition coefficient (Wildman–Crippen LogP) is 2.93. The van der Waals surface area contributed by atoms with E-state index in [1.165, 1.54) is 19.3 Å². The molecule has 3 nitrogen and oxygen atoms in total. The van der Waals surface area contributed by atoms with Crippen molar-refractivity contribution in [3.8, 4) is 0 Å². The van der Waals surface area contributed by atoms with Crippen LogP contribution in [0.5, 0.6) is 0 Å². The molecule has 3 atom stereocenters. The van der Waals surface area contributed by atoms with Crippen LogP contribution < -0.4 is 5.73 Å². The fourth-order valence-corrected chi connectivity index (χ4v) is 3.87. The number of hydrogen-bond donors (Lipinski definition) is 2. The van der Waals surface area contributed by atoms with Crippen molar-refractivity contribution < 1.29 is 4.74 Å². The van der Waals surface area contributed by atoms with E-state index in [-0.39, 0.29) is 5.84 Å². The zero-order chi connectivity index (χ0) is 12.7. The molecule has 2 bridgehead atoms. The van der Waals surface area contributed by atoms with Crippen LogP contribution in [0.3, 0.4) is 0 Å². The van der Waals surface area contributed by atoms with Gasteiger partial charge in [-0.15, -0.1) is 0 Å². The largest absolute Gasteiger partial charge is 0.388 e. The van der Waals surface area contributed by atoms with Crippen LogP contribution in [0.2, 0.25) is 0 Å². The number of nitrogens with two attached hydrogens (primary N) is 1. The Morgan fingerprint density at radius 1 is 1.41 bits per heavy atom. The molecule has 3 N–H and O–H groups in total. The number of ether oxygens (including phenoxy) is 1. The summed E-state index contributed by atoms with van der Waals surface area (Å²) < 4.78 is 6.07. The molecule has 0 heterocycles. The van der Waals surface area contributed by atoms with Crippen LogP contribution in [0.1, 0.15) is 52.9 Å². The van der Waals surface area contributed by atoms with Gasteiger partial charge in [0.1, 0.15) is 0 Å². The fourth-order valence-electron chi connectivity index (χ4n) is 3.87. The first-order valence-electron chi connectivity index (χ1n) is 6.82. The van der Waals surface area contributed by atoms with Gasteiger partial charge in [0.15, 0.2) is 0 Å². The summed E-state index contributed by atoms with van der Waals surface area (Å²) in [4.78, 5) is 0. The lowest BCUT2D eigenvalue weighted by atomic mass is 9.70. The van der Waals surface area contributed by atoms with Crippen molar-refractivity contribution in [2.24, 2.45) is 22.5 Å². The summed E-state index contributed by atoms with van der Waals surface area (Å²) in [6.07, 6.45) is 5.87. The predicted molar refractivity (Wildman–Crippen MR) is 70.1 cm³/mol. The van der Waals surface area contributed by atoms with E-state index in [1.807, 2.05) is 0 Å². The molecule has 0 aromatic heterocycles. The molecule has 2 aliphatic rings. The second-order valence-electron chi connectivity index (χ2n) is 6.60. The van der Waals surface area contributed by atoms with Crippen LogP contribution in [0.25, 0.3) is 0 Å². The second kappa shape index (κ2) is 4.27. The Morgan fingerprint density at radius 2 is 2.12 bits per heavy atom. The highest BCUT2D eigenvalue weighted by Gasteiger charge is 2.61. The van der Waals surface area contributed by atoms with Gasteiger partial charge in [-0.2, -0.15) is 0 Å². The first-order chi connectivity index (χ1) is 7.88. The number of nitrogens with one attached hydrogen (secondary N) is 1. The minimum Gasteiger partial charge on any atom is -0.388 e. The number of hydrogen-bond acceptors (Lipinski definition) is 2. The maximum atomic E-state index is 7.19. The van der Waals surface area contributed by atoms with Gasteiger partial charge in [0.25, 0.3) is 0 Å². The molecule has 2 saturated carbocycles. The molecule has 0 saturated heterocycles. The molecule has 0 aromatic rings. The Labute approximate surface area is 105 Å². The summed E-state index contributed by atoms with van der Waals surface area (Å²) >= 11 is 0. The van der Waals surface area contributed by atoms with E-state index in [1.54, 1.807) is 0 Å². The van der Waals surface area contributed by atoms with Crippen molar-refractivity contribution in [2.75, 3.05) is 6.61 Å². The Hall–Kier alpha value is -0.570. The third-order valence-corrected chi connectivity index (χ3v) is 5.62. The van der Waals surface area contributed by atoms with E-state index in [0.29, 0.717) is 23.4 Å². The SMILES string of the molecule is CC1(C)C2CCC1(C)C(OCCCC(=N)N)C2. The van der Waals surface area contributed by atoms with Crippen molar-refractivity contribution in [1.29, 1.82) is 5.41 Å². The van der Waals surface area contributed by atoms with Crippen LogP contribution in [0.4, 0.5) is 0 Å². The van der Waals surface area contributed by atoms with Crippen LogP contribution >= 0.6 is 0 Å². The molecule has 0 amide bonds. The van der Waals surface area contributed by atoms with E-state index in [0.717, 1.165) is 18.9 Å². The molecule has 3 unspecified atom stereocenters. The monoisotopic (exact) mass is 238 g/mol. The van der Waals surface area contributed by atoms with Crippen LogP contribution in [0, 0.1) is 22.2 Å². The smallest absolute Gasteiger partial charge is 0.0906 e. The summed E-state index contributed by atoms with van der Waals surface area (Å²) in [5, 5.41) is 7.19. The fraction of sp³-hybridized carbons (Fsp3) is 0.929. The van der Waals surface area contributed by atoms with Crippen LogP contribution in [0.15, 0.2) is 0 Å². The Balaban J connectivity index is 1.86. The average Bonchev–Trinajstić information content (AvgIpc) is 2.56. The molecule has 98 valence electrons.